The van der Waals surface area contributed by atoms with E-state index in [-0.39, 0.29) is 12.1 Å². The van der Waals surface area contributed by atoms with Crippen molar-refractivity contribution in [3.8, 4) is 11.6 Å². The van der Waals surface area contributed by atoms with Crippen LogP contribution in [0.1, 0.15) is 38.2 Å². The number of ether oxygens (including phenoxy) is 2. The van der Waals surface area contributed by atoms with E-state index in [9.17, 15) is 13.2 Å². The van der Waals surface area contributed by atoms with Crippen LogP contribution in [0.15, 0.2) is 30.5 Å². The highest BCUT2D eigenvalue weighted by atomic mass is 19.4. The Bertz CT molecular complexity index is 760. The number of nitrogens with zero attached hydrogens (tertiary/aromatic N) is 3. The zero-order valence-electron chi connectivity index (χ0n) is 15.3. The van der Waals surface area contributed by atoms with E-state index in [1.54, 1.807) is 36.2 Å². The molecule has 1 aliphatic rings. The highest BCUT2D eigenvalue weighted by Crippen LogP contribution is 2.37. The maximum absolute atomic E-state index is 13.3. The second-order valence-electron chi connectivity index (χ2n) is 6.40. The average Bonchev–Trinajstić information content (AvgIpc) is 3.14. The van der Waals surface area contributed by atoms with Crippen LogP contribution in [0.25, 0.3) is 0 Å². The summed E-state index contributed by atoms with van der Waals surface area (Å²) in [4.78, 5) is 9.59. The molecule has 0 N–H and O–H groups in total. The molecule has 0 radical (unpaired) electrons. The second-order valence-corrected chi connectivity index (χ2v) is 6.40. The molecule has 1 saturated carbocycles. The molecule has 2 aromatic rings. The molecule has 0 saturated heterocycles. The number of rotatable bonds is 6. The van der Waals surface area contributed by atoms with Crippen molar-refractivity contribution >= 4 is 11.6 Å². The third-order valence-corrected chi connectivity index (χ3v) is 4.46. The van der Waals surface area contributed by atoms with Crippen molar-refractivity contribution in [3.63, 3.8) is 0 Å². The summed E-state index contributed by atoms with van der Waals surface area (Å²) in [7, 11) is 1.69. The van der Waals surface area contributed by atoms with Crippen LogP contribution in [-0.2, 0) is 6.18 Å². The largest absolute Gasteiger partial charge is 0.494 e. The first-order valence-electron chi connectivity index (χ1n) is 8.96. The Morgan fingerprint density at radius 1 is 1.15 bits per heavy atom. The highest BCUT2D eigenvalue weighted by molar-refractivity contribution is 5.58. The van der Waals surface area contributed by atoms with Gasteiger partial charge in [0.15, 0.2) is 0 Å². The van der Waals surface area contributed by atoms with E-state index >= 15 is 0 Å². The Morgan fingerprint density at radius 2 is 1.81 bits per heavy atom. The van der Waals surface area contributed by atoms with E-state index < -0.39 is 17.6 Å². The van der Waals surface area contributed by atoms with Crippen LogP contribution in [0.3, 0.4) is 0 Å². The predicted molar refractivity (Wildman–Crippen MR) is 95.6 cm³/mol. The van der Waals surface area contributed by atoms with Crippen LogP contribution in [0.2, 0.25) is 0 Å². The Balaban J connectivity index is 1.87. The topological polar surface area (TPSA) is 47.5 Å². The SMILES string of the molecule is CCOc1ccc(N(C)c2ncc(C(F)(F)F)c(OC3CCCC3)n2)cc1. The zero-order valence-corrected chi connectivity index (χ0v) is 15.3. The molecule has 0 aliphatic heterocycles. The van der Waals surface area contributed by atoms with Gasteiger partial charge in [-0.1, -0.05) is 0 Å². The van der Waals surface area contributed by atoms with Gasteiger partial charge in [-0.2, -0.15) is 18.2 Å². The first-order valence-corrected chi connectivity index (χ1v) is 8.96. The second kappa shape index (κ2) is 8.02. The molecule has 3 rings (SSSR count). The molecule has 27 heavy (non-hydrogen) atoms. The number of aromatic nitrogens is 2. The first-order chi connectivity index (χ1) is 12.9. The molecule has 0 bridgehead atoms. The zero-order chi connectivity index (χ0) is 19.4. The molecular formula is C19H22F3N3O2. The average molecular weight is 381 g/mol. The lowest BCUT2D eigenvalue weighted by Crippen LogP contribution is -2.20. The summed E-state index contributed by atoms with van der Waals surface area (Å²) in [5, 5.41) is 0. The van der Waals surface area contributed by atoms with Crippen LogP contribution < -0.4 is 14.4 Å². The monoisotopic (exact) mass is 381 g/mol. The summed E-state index contributed by atoms with van der Waals surface area (Å²) in [5.41, 5.74) is -0.219. The molecule has 1 aromatic heterocycles. The molecule has 0 atom stereocenters. The maximum atomic E-state index is 13.3. The minimum atomic E-state index is -4.57. The van der Waals surface area contributed by atoms with E-state index in [4.69, 9.17) is 9.47 Å². The van der Waals surface area contributed by atoms with E-state index in [0.29, 0.717) is 12.4 Å². The molecule has 0 unspecified atom stereocenters. The van der Waals surface area contributed by atoms with Crippen molar-refractivity contribution < 1.29 is 22.6 Å². The normalized spacial score (nSPS) is 15.0. The van der Waals surface area contributed by atoms with Crippen LogP contribution >= 0.6 is 0 Å². The number of halogens is 3. The fourth-order valence-electron chi connectivity index (χ4n) is 3.02. The lowest BCUT2D eigenvalue weighted by atomic mass is 10.2. The Morgan fingerprint density at radius 3 is 2.41 bits per heavy atom. The van der Waals surface area contributed by atoms with Crippen LogP contribution in [0.5, 0.6) is 11.6 Å². The van der Waals surface area contributed by atoms with Gasteiger partial charge < -0.3 is 14.4 Å². The number of alkyl halides is 3. The first kappa shape index (κ1) is 19.3. The van der Waals surface area contributed by atoms with Gasteiger partial charge in [0.05, 0.1) is 6.61 Å². The van der Waals surface area contributed by atoms with Crippen LogP contribution in [0, 0.1) is 0 Å². The summed E-state index contributed by atoms with van der Waals surface area (Å²) in [6.45, 7) is 2.45. The number of anilines is 2. The molecule has 0 amide bonds. The molecule has 8 heteroatoms. The standard InChI is InChI=1S/C19H22F3N3O2/c1-3-26-14-10-8-13(9-11-14)25(2)18-23-12-16(19(20,21)22)17(24-18)27-15-6-4-5-7-15/h8-12,15H,3-7H2,1-2H3. The minimum Gasteiger partial charge on any atom is -0.494 e. The third kappa shape index (κ3) is 4.61. The third-order valence-electron chi connectivity index (χ3n) is 4.46. The van der Waals surface area contributed by atoms with Crippen molar-refractivity contribution in [1.29, 1.82) is 0 Å². The molecular weight excluding hydrogens is 359 g/mol. The van der Waals surface area contributed by atoms with Gasteiger partial charge in [0.1, 0.15) is 17.4 Å². The number of hydrogen-bond donors (Lipinski definition) is 0. The Kier molecular flexibility index (Phi) is 5.72. The van der Waals surface area contributed by atoms with Gasteiger partial charge in [-0.3, -0.25) is 0 Å². The van der Waals surface area contributed by atoms with Crippen LogP contribution in [-0.4, -0.2) is 29.7 Å². The van der Waals surface area contributed by atoms with Gasteiger partial charge in [-0.25, -0.2) is 4.98 Å². The van der Waals surface area contributed by atoms with Crippen molar-refractivity contribution in [2.75, 3.05) is 18.6 Å². The van der Waals surface area contributed by atoms with Crippen LogP contribution in [0.4, 0.5) is 24.8 Å². The highest BCUT2D eigenvalue weighted by Gasteiger charge is 2.37. The van der Waals surface area contributed by atoms with Gasteiger partial charge in [0, 0.05) is 18.9 Å². The minimum absolute atomic E-state index is 0.139. The quantitative estimate of drug-likeness (QED) is 0.706. The van der Waals surface area contributed by atoms with Crippen molar-refractivity contribution in [2.45, 2.75) is 44.9 Å². The van der Waals surface area contributed by atoms with Gasteiger partial charge in [-0.15, -0.1) is 0 Å². The molecule has 1 heterocycles. The number of benzene rings is 1. The molecule has 1 aromatic carbocycles. The summed E-state index contributed by atoms with van der Waals surface area (Å²) >= 11 is 0. The lowest BCUT2D eigenvalue weighted by molar-refractivity contribution is -0.139. The Hall–Kier alpha value is -2.51. The fraction of sp³-hybridized carbons (Fsp3) is 0.474. The van der Waals surface area contributed by atoms with Crippen molar-refractivity contribution in [2.24, 2.45) is 0 Å². The molecule has 1 fully saturated rings. The number of hydrogen-bond acceptors (Lipinski definition) is 5. The van der Waals surface area contributed by atoms with Gasteiger partial charge in [0.2, 0.25) is 11.8 Å². The smallest absolute Gasteiger partial charge is 0.423 e. The van der Waals surface area contributed by atoms with E-state index in [1.165, 1.54) is 0 Å². The Labute approximate surface area is 156 Å². The van der Waals surface area contributed by atoms with E-state index in [2.05, 4.69) is 9.97 Å². The van der Waals surface area contributed by atoms with E-state index in [1.807, 2.05) is 6.92 Å². The van der Waals surface area contributed by atoms with Gasteiger partial charge >= 0.3 is 6.18 Å². The lowest BCUT2D eigenvalue weighted by Gasteiger charge is -2.21. The van der Waals surface area contributed by atoms with Crippen molar-refractivity contribution in [3.05, 3.63) is 36.0 Å². The molecule has 1 aliphatic carbocycles. The van der Waals surface area contributed by atoms with Crippen molar-refractivity contribution in [1.82, 2.24) is 9.97 Å². The summed E-state index contributed by atoms with van der Waals surface area (Å²) in [6, 6.07) is 7.16. The van der Waals surface area contributed by atoms with Gasteiger partial charge in [-0.05, 0) is 56.9 Å². The summed E-state index contributed by atoms with van der Waals surface area (Å²) in [6.07, 6.45) is -0.616. The predicted octanol–water partition coefficient (Wildman–Crippen LogP) is 4.98. The molecule has 146 valence electrons. The molecule has 0 spiro atoms. The van der Waals surface area contributed by atoms with Gasteiger partial charge in [0.25, 0.3) is 0 Å². The maximum Gasteiger partial charge on any atom is 0.423 e. The van der Waals surface area contributed by atoms with E-state index in [0.717, 1.165) is 37.6 Å². The fourth-order valence-corrected chi connectivity index (χ4v) is 3.02. The summed E-state index contributed by atoms with van der Waals surface area (Å²) < 4.78 is 50.9. The summed E-state index contributed by atoms with van der Waals surface area (Å²) in [5.74, 6) is 0.450. The molecule has 5 nitrogen and oxygen atoms in total.